The zero-order valence-electron chi connectivity index (χ0n) is 17.8. The molecule has 0 spiro atoms. The van der Waals surface area contributed by atoms with Crippen molar-refractivity contribution in [2.24, 2.45) is 0 Å². The Kier molecular flexibility index (Phi) is 8.94. The molecule has 2 aromatic rings. The van der Waals surface area contributed by atoms with Crippen molar-refractivity contribution in [3.05, 3.63) is 71.3 Å². The number of aryl methyl sites for hydroxylation is 2. The van der Waals surface area contributed by atoms with E-state index in [9.17, 15) is 9.59 Å². The lowest BCUT2D eigenvalue weighted by molar-refractivity contribution is -0.121. The average Bonchev–Trinajstić information content (AvgIpc) is 2.75. The fourth-order valence-corrected chi connectivity index (χ4v) is 2.99. The predicted octanol–water partition coefficient (Wildman–Crippen LogP) is 3.65. The Hall–Kier alpha value is -3.28. The normalized spacial score (nSPS) is 10.2. The van der Waals surface area contributed by atoms with Crippen LogP contribution in [0.5, 0.6) is 11.5 Å². The number of benzene rings is 2. The first-order valence-electron chi connectivity index (χ1n) is 9.83. The van der Waals surface area contributed by atoms with Crippen molar-refractivity contribution in [1.29, 1.82) is 0 Å². The van der Waals surface area contributed by atoms with Crippen LogP contribution < -0.4 is 14.8 Å². The molecule has 0 fully saturated rings. The Labute approximate surface area is 177 Å². The minimum absolute atomic E-state index is 0.0778. The molecular weight excluding hydrogens is 382 g/mol. The van der Waals surface area contributed by atoms with Crippen LogP contribution in [0.3, 0.4) is 0 Å². The summed E-state index contributed by atoms with van der Waals surface area (Å²) in [5, 5.41) is 2.77. The summed E-state index contributed by atoms with van der Waals surface area (Å²) in [5.41, 5.74) is 3.44. The van der Waals surface area contributed by atoms with E-state index in [2.05, 4.69) is 11.9 Å². The average molecular weight is 411 g/mol. The lowest BCUT2D eigenvalue weighted by Gasteiger charge is -2.14. The van der Waals surface area contributed by atoms with Crippen LogP contribution in [0.1, 0.15) is 33.5 Å². The Morgan fingerprint density at radius 1 is 1.10 bits per heavy atom. The fourth-order valence-electron chi connectivity index (χ4n) is 2.99. The standard InChI is InChI=1S/C24H29NO5/c1-5-6-19-15-20(16-21(28-3)23(19)29-4)24(27)30-14-13-25-22(26)12-11-18-9-7-17(2)8-10-18/h5,7-10,15-16H,1,6,11-14H2,2-4H3,(H,25,26). The predicted molar refractivity (Wildman–Crippen MR) is 116 cm³/mol. The zero-order chi connectivity index (χ0) is 21.9. The van der Waals surface area contributed by atoms with Gasteiger partial charge in [0.2, 0.25) is 5.91 Å². The summed E-state index contributed by atoms with van der Waals surface area (Å²) in [6, 6.07) is 11.4. The van der Waals surface area contributed by atoms with E-state index in [1.807, 2.05) is 31.2 Å². The van der Waals surface area contributed by atoms with Gasteiger partial charge in [-0.25, -0.2) is 4.79 Å². The highest BCUT2D eigenvalue weighted by Crippen LogP contribution is 2.33. The van der Waals surface area contributed by atoms with E-state index >= 15 is 0 Å². The summed E-state index contributed by atoms with van der Waals surface area (Å²) in [6.07, 6.45) is 3.30. The van der Waals surface area contributed by atoms with Crippen LogP contribution in [0.4, 0.5) is 0 Å². The molecule has 30 heavy (non-hydrogen) atoms. The molecule has 0 unspecified atom stereocenters. The molecule has 0 aliphatic rings. The highest BCUT2D eigenvalue weighted by molar-refractivity contribution is 5.90. The molecule has 0 heterocycles. The highest BCUT2D eigenvalue weighted by Gasteiger charge is 2.16. The van der Waals surface area contributed by atoms with Gasteiger partial charge in [0, 0.05) is 12.0 Å². The molecule has 0 aromatic heterocycles. The van der Waals surface area contributed by atoms with Crippen LogP contribution in [-0.4, -0.2) is 39.2 Å². The number of ether oxygens (including phenoxy) is 3. The Morgan fingerprint density at radius 2 is 1.83 bits per heavy atom. The maximum atomic E-state index is 12.4. The van der Waals surface area contributed by atoms with Gasteiger partial charge in [0.1, 0.15) is 6.61 Å². The minimum atomic E-state index is -0.491. The van der Waals surface area contributed by atoms with Gasteiger partial charge in [-0.15, -0.1) is 6.58 Å². The molecule has 0 aliphatic heterocycles. The first-order valence-corrected chi connectivity index (χ1v) is 9.83. The number of methoxy groups -OCH3 is 2. The third kappa shape index (κ3) is 6.65. The van der Waals surface area contributed by atoms with Crippen molar-refractivity contribution in [1.82, 2.24) is 5.32 Å². The van der Waals surface area contributed by atoms with Gasteiger partial charge < -0.3 is 19.5 Å². The molecule has 0 aliphatic carbocycles. The summed E-state index contributed by atoms with van der Waals surface area (Å²) in [6.45, 7) is 6.09. The maximum absolute atomic E-state index is 12.4. The van der Waals surface area contributed by atoms with E-state index < -0.39 is 5.97 Å². The van der Waals surface area contributed by atoms with Crippen LogP contribution in [0.15, 0.2) is 49.1 Å². The molecule has 0 radical (unpaired) electrons. The van der Waals surface area contributed by atoms with Crippen molar-refractivity contribution in [3.63, 3.8) is 0 Å². The van der Waals surface area contributed by atoms with Crippen molar-refractivity contribution < 1.29 is 23.8 Å². The molecule has 2 aromatic carbocycles. The number of nitrogens with one attached hydrogen (secondary N) is 1. The number of amides is 1. The second-order valence-corrected chi connectivity index (χ2v) is 6.84. The summed E-state index contributed by atoms with van der Waals surface area (Å²) >= 11 is 0. The van der Waals surface area contributed by atoms with Gasteiger partial charge in [0.05, 0.1) is 26.3 Å². The molecule has 6 heteroatoms. The van der Waals surface area contributed by atoms with E-state index in [0.29, 0.717) is 36.3 Å². The van der Waals surface area contributed by atoms with Crippen molar-refractivity contribution in [2.45, 2.75) is 26.2 Å². The molecule has 0 bridgehead atoms. The molecule has 0 saturated carbocycles. The summed E-state index contributed by atoms with van der Waals surface area (Å²) < 4.78 is 16.0. The van der Waals surface area contributed by atoms with Gasteiger partial charge in [-0.1, -0.05) is 35.9 Å². The zero-order valence-corrected chi connectivity index (χ0v) is 17.8. The number of carbonyl (C=O) groups excluding carboxylic acids is 2. The molecule has 1 amide bonds. The van der Waals surface area contributed by atoms with Gasteiger partial charge in [-0.05, 0) is 37.5 Å². The van der Waals surface area contributed by atoms with E-state index in [1.54, 1.807) is 25.3 Å². The summed E-state index contributed by atoms with van der Waals surface area (Å²) in [4.78, 5) is 24.4. The third-order valence-electron chi connectivity index (χ3n) is 4.57. The lowest BCUT2D eigenvalue weighted by atomic mass is 10.1. The number of allylic oxidation sites excluding steroid dienone is 1. The van der Waals surface area contributed by atoms with Crippen molar-refractivity contribution >= 4 is 11.9 Å². The van der Waals surface area contributed by atoms with E-state index in [0.717, 1.165) is 11.1 Å². The van der Waals surface area contributed by atoms with Crippen molar-refractivity contribution in [3.8, 4) is 11.5 Å². The number of carbonyl (C=O) groups is 2. The largest absolute Gasteiger partial charge is 0.493 e. The number of hydrogen-bond donors (Lipinski definition) is 1. The molecule has 1 N–H and O–H groups in total. The first kappa shape index (κ1) is 23.0. The third-order valence-corrected chi connectivity index (χ3v) is 4.57. The Bertz CT molecular complexity index is 874. The Balaban J connectivity index is 1.82. The molecule has 0 saturated heterocycles. The molecular formula is C24H29NO5. The van der Waals surface area contributed by atoms with Crippen LogP contribution in [-0.2, 0) is 22.4 Å². The summed E-state index contributed by atoms with van der Waals surface area (Å²) in [7, 11) is 3.06. The lowest BCUT2D eigenvalue weighted by Crippen LogP contribution is -2.28. The molecule has 0 atom stereocenters. The second-order valence-electron chi connectivity index (χ2n) is 6.84. The van der Waals surface area contributed by atoms with Gasteiger partial charge in [-0.3, -0.25) is 4.79 Å². The first-order chi connectivity index (χ1) is 14.5. The van der Waals surface area contributed by atoms with Gasteiger partial charge in [0.15, 0.2) is 11.5 Å². The van der Waals surface area contributed by atoms with Gasteiger partial charge in [-0.2, -0.15) is 0 Å². The number of esters is 1. The van der Waals surface area contributed by atoms with Gasteiger partial charge in [0.25, 0.3) is 0 Å². The van der Waals surface area contributed by atoms with Gasteiger partial charge >= 0.3 is 5.97 Å². The quantitative estimate of drug-likeness (QED) is 0.347. The van der Waals surface area contributed by atoms with Crippen LogP contribution in [0.25, 0.3) is 0 Å². The minimum Gasteiger partial charge on any atom is -0.493 e. The highest BCUT2D eigenvalue weighted by atomic mass is 16.5. The fraction of sp³-hybridized carbons (Fsp3) is 0.333. The molecule has 2 rings (SSSR count). The van der Waals surface area contributed by atoms with Crippen molar-refractivity contribution in [2.75, 3.05) is 27.4 Å². The second kappa shape index (κ2) is 11.7. The molecule has 160 valence electrons. The van der Waals surface area contributed by atoms with E-state index in [1.165, 1.54) is 12.7 Å². The van der Waals surface area contributed by atoms with Crippen LogP contribution in [0.2, 0.25) is 0 Å². The van der Waals surface area contributed by atoms with Crippen LogP contribution >= 0.6 is 0 Å². The monoisotopic (exact) mass is 411 g/mol. The SMILES string of the molecule is C=CCc1cc(C(=O)OCCNC(=O)CCc2ccc(C)cc2)cc(OC)c1OC. The topological polar surface area (TPSA) is 73.9 Å². The Morgan fingerprint density at radius 3 is 2.47 bits per heavy atom. The molecule has 6 nitrogen and oxygen atoms in total. The smallest absolute Gasteiger partial charge is 0.338 e. The number of hydrogen-bond acceptors (Lipinski definition) is 5. The van der Waals surface area contributed by atoms with E-state index in [4.69, 9.17) is 14.2 Å². The number of rotatable bonds is 11. The van der Waals surface area contributed by atoms with Crippen LogP contribution in [0, 0.1) is 6.92 Å². The maximum Gasteiger partial charge on any atom is 0.338 e. The van der Waals surface area contributed by atoms with E-state index in [-0.39, 0.29) is 19.1 Å². The summed E-state index contributed by atoms with van der Waals surface area (Å²) in [5.74, 6) is 0.448.